The van der Waals surface area contributed by atoms with E-state index in [4.69, 9.17) is 0 Å². The van der Waals surface area contributed by atoms with Crippen molar-refractivity contribution >= 4 is 10.0 Å². The van der Waals surface area contributed by atoms with Gasteiger partial charge in [0.25, 0.3) is 0 Å². The maximum Gasteiger partial charge on any atom is 0.208 e. The van der Waals surface area contributed by atoms with Gasteiger partial charge in [0.15, 0.2) is 0 Å². The summed E-state index contributed by atoms with van der Waals surface area (Å²) >= 11 is 0. The van der Waals surface area contributed by atoms with E-state index in [0.29, 0.717) is 6.42 Å². The van der Waals surface area contributed by atoms with E-state index in [1.54, 1.807) is 0 Å². The summed E-state index contributed by atoms with van der Waals surface area (Å²) in [6.45, 7) is 1.86. The van der Waals surface area contributed by atoms with Crippen LogP contribution < -0.4 is 4.72 Å². The molecule has 78 valence electrons. The Morgan fingerprint density at radius 1 is 1.29 bits per heavy atom. The molecule has 0 radical (unpaired) electrons. The minimum absolute atomic E-state index is 0.0626. The molecular weight excluding hydrogens is 198 g/mol. The number of rotatable bonds is 4. The summed E-state index contributed by atoms with van der Waals surface area (Å²) in [5.74, 6) is 0. The van der Waals surface area contributed by atoms with Crippen LogP contribution in [0.15, 0.2) is 30.3 Å². The standard InChI is InChI=1S/C10H15NO2S/c1-9(11-14(2,12)13)8-10-6-4-3-5-7-10/h3-7,9,11H,8H2,1-2H3. The van der Waals surface area contributed by atoms with Gasteiger partial charge in [-0.05, 0) is 18.9 Å². The van der Waals surface area contributed by atoms with Crippen LogP contribution in [0.5, 0.6) is 0 Å². The summed E-state index contributed by atoms with van der Waals surface area (Å²) in [4.78, 5) is 0. The lowest BCUT2D eigenvalue weighted by atomic mass is 10.1. The Hall–Kier alpha value is -0.870. The molecule has 0 aliphatic carbocycles. The third kappa shape index (κ3) is 4.39. The van der Waals surface area contributed by atoms with Crippen molar-refractivity contribution < 1.29 is 8.42 Å². The molecule has 1 atom stereocenters. The quantitative estimate of drug-likeness (QED) is 0.816. The van der Waals surface area contributed by atoms with Crippen molar-refractivity contribution in [2.45, 2.75) is 19.4 Å². The van der Waals surface area contributed by atoms with Crippen molar-refractivity contribution in [1.82, 2.24) is 4.72 Å². The number of sulfonamides is 1. The van der Waals surface area contributed by atoms with Gasteiger partial charge in [0.2, 0.25) is 10.0 Å². The Bertz CT molecular complexity index is 372. The van der Waals surface area contributed by atoms with Crippen LogP contribution in [0.3, 0.4) is 0 Å². The summed E-state index contributed by atoms with van der Waals surface area (Å²) in [5.41, 5.74) is 1.14. The molecule has 1 N–H and O–H groups in total. The first-order chi connectivity index (χ1) is 6.47. The zero-order valence-corrected chi connectivity index (χ0v) is 9.21. The molecular formula is C10H15NO2S. The molecule has 1 aromatic carbocycles. The zero-order chi connectivity index (χ0) is 10.6. The first-order valence-electron chi connectivity index (χ1n) is 4.48. The van der Waals surface area contributed by atoms with Crippen molar-refractivity contribution in [1.29, 1.82) is 0 Å². The van der Waals surface area contributed by atoms with Gasteiger partial charge in [-0.3, -0.25) is 0 Å². The average Bonchev–Trinajstić information content (AvgIpc) is 2.02. The van der Waals surface area contributed by atoms with E-state index in [0.717, 1.165) is 5.56 Å². The molecule has 1 aromatic rings. The SMILES string of the molecule is CC(Cc1ccccc1)NS(C)(=O)=O. The summed E-state index contributed by atoms with van der Waals surface area (Å²) in [6, 6.07) is 9.75. The molecule has 0 bridgehead atoms. The van der Waals surface area contributed by atoms with Crippen molar-refractivity contribution in [3.05, 3.63) is 35.9 Å². The molecule has 0 aliphatic rings. The van der Waals surface area contributed by atoms with E-state index in [2.05, 4.69) is 4.72 Å². The molecule has 0 amide bonds. The Labute approximate surface area is 85.2 Å². The Morgan fingerprint density at radius 2 is 1.86 bits per heavy atom. The molecule has 0 fully saturated rings. The van der Waals surface area contributed by atoms with E-state index in [9.17, 15) is 8.42 Å². The summed E-state index contributed by atoms with van der Waals surface area (Å²) in [6.07, 6.45) is 1.89. The molecule has 0 aromatic heterocycles. The monoisotopic (exact) mass is 213 g/mol. The van der Waals surface area contributed by atoms with Crippen LogP contribution in [-0.4, -0.2) is 20.7 Å². The van der Waals surface area contributed by atoms with Gasteiger partial charge >= 0.3 is 0 Å². The Morgan fingerprint density at radius 3 is 2.36 bits per heavy atom. The average molecular weight is 213 g/mol. The highest BCUT2D eigenvalue weighted by Crippen LogP contribution is 2.02. The Balaban J connectivity index is 2.54. The second kappa shape index (κ2) is 4.57. The zero-order valence-electron chi connectivity index (χ0n) is 8.40. The lowest BCUT2D eigenvalue weighted by molar-refractivity contribution is 0.565. The van der Waals surface area contributed by atoms with Gasteiger partial charge in [-0.2, -0.15) is 0 Å². The van der Waals surface area contributed by atoms with E-state index in [-0.39, 0.29) is 6.04 Å². The summed E-state index contributed by atoms with van der Waals surface area (Å²) in [7, 11) is -3.09. The first kappa shape index (κ1) is 11.2. The van der Waals surface area contributed by atoms with E-state index < -0.39 is 10.0 Å². The van der Waals surface area contributed by atoms with Gasteiger partial charge in [-0.25, -0.2) is 13.1 Å². The molecule has 0 spiro atoms. The topological polar surface area (TPSA) is 46.2 Å². The first-order valence-corrected chi connectivity index (χ1v) is 6.38. The van der Waals surface area contributed by atoms with Crippen molar-refractivity contribution in [2.24, 2.45) is 0 Å². The fourth-order valence-electron chi connectivity index (χ4n) is 1.37. The predicted molar refractivity (Wildman–Crippen MR) is 57.6 cm³/mol. The van der Waals surface area contributed by atoms with Crippen molar-refractivity contribution in [2.75, 3.05) is 6.26 Å². The molecule has 14 heavy (non-hydrogen) atoms. The lowest BCUT2D eigenvalue weighted by Crippen LogP contribution is -2.33. The van der Waals surface area contributed by atoms with Crippen LogP contribution in [0.25, 0.3) is 0 Å². The highest BCUT2D eigenvalue weighted by Gasteiger charge is 2.08. The molecule has 3 nitrogen and oxygen atoms in total. The van der Waals surface area contributed by atoms with Gasteiger partial charge in [0.05, 0.1) is 6.26 Å². The highest BCUT2D eigenvalue weighted by molar-refractivity contribution is 7.88. The van der Waals surface area contributed by atoms with Crippen LogP contribution in [0.2, 0.25) is 0 Å². The van der Waals surface area contributed by atoms with Crippen molar-refractivity contribution in [3.8, 4) is 0 Å². The van der Waals surface area contributed by atoms with Gasteiger partial charge in [0, 0.05) is 6.04 Å². The second-order valence-electron chi connectivity index (χ2n) is 3.48. The van der Waals surface area contributed by atoms with E-state index >= 15 is 0 Å². The lowest BCUT2D eigenvalue weighted by Gasteiger charge is -2.11. The smallest absolute Gasteiger partial charge is 0.208 e. The van der Waals surface area contributed by atoms with Crippen LogP contribution in [0, 0.1) is 0 Å². The predicted octanol–water partition coefficient (Wildman–Crippen LogP) is 1.17. The third-order valence-corrected chi connectivity index (χ3v) is 2.63. The van der Waals surface area contributed by atoms with Crippen LogP contribution in [-0.2, 0) is 16.4 Å². The number of nitrogens with one attached hydrogen (secondary N) is 1. The van der Waals surface area contributed by atoms with Crippen LogP contribution in [0.1, 0.15) is 12.5 Å². The summed E-state index contributed by atoms with van der Waals surface area (Å²) in [5, 5.41) is 0. The van der Waals surface area contributed by atoms with Crippen molar-refractivity contribution in [3.63, 3.8) is 0 Å². The molecule has 4 heteroatoms. The van der Waals surface area contributed by atoms with Crippen LogP contribution >= 0.6 is 0 Å². The molecule has 1 unspecified atom stereocenters. The molecule has 0 saturated heterocycles. The minimum atomic E-state index is -3.09. The minimum Gasteiger partial charge on any atom is -0.213 e. The molecule has 0 aliphatic heterocycles. The highest BCUT2D eigenvalue weighted by atomic mass is 32.2. The summed E-state index contributed by atoms with van der Waals surface area (Å²) < 4.78 is 24.4. The van der Waals surface area contributed by atoms with E-state index in [1.165, 1.54) is 6.26 Å². The molecule has 0 saturated carbocycles. The normalized spacial score (nSPS) is 13.9. The Kier molecular flexibility index (Phi) is 3.66. The number of hydrogen-bond acceptors (Lipinski definition) is 2. The maximum atomic E-state index is 10.9. The maximum absolute atomic E-state index is 10.9. The molecule has 0 heterocycles. The largest absolute Gasteiger partial charge is 0.213 e. The fourth-order valence-corrected chi connectivity index (χ4v) is 2.19. The number of benzene rings is 1. The van der Waals surface area contributed by atoms with Crippen LogP contribution in [0.4, 0.5) is 0 Å². The number of hydrogen-bond donors (Lipinski definition) is 1. The van der Waals surface area contributed by atoms with E-state index in [1.807, 2.05) is 37.3 Å². The second-order valence-corrected chi connectivity index (χ2v) is 5.26. The third-order valence-electron chi connectivity index (χ3n) is 1.80. The molecule has 1 rings (SSSR count). The van der Waals surface area contributed by atoms with Gasteiger partial charge in [0.1, 0.15) is 0 Å². The fraction of sp³-hybridized carbons (Fsp3) is 0.400. The van der Waals surface area contributed by atoms with Gasteiger partial charge in [-0.15, -0.1) is 0 Å². The van der Waals surface area contributed by atoms with Gasteiger partial charge in [-0.1, -0.05) is 30.3 Å². The van der Waals surface area contributed by atoms with Gasteiger partial charge < -0.3 is 0 Å².